The van der Waals surface area contributed by atoms with Crippen LogP contribution in [0.15, 0.2) is 73.2 Å². The van der Waals surface area contributed by atoms with Gasteiger partial charge in [0.1, 0.15) is 16.8 Å². The molecule has 1 fully saturated rings. The molecular weight excluding hydrogens is 651 g/mol. The largest absolute Gasteiger partial charge is 0.475 e. The molecule has 0 bridgehead atoms. The summed E-state index contributed by atoms with van der Waals surface area (Å²) in [4.78, 5) is 40.0. The predicted octanol–water partition coefficient (Wildman–Crippen LogP) is 5.27. The number of pyridine rings is 1. The lowest BCUT2D eigenvalue weighted by Gasteiger charge is -2.29. The maximum atomic E-state index is 13.8. The van der Waals surface area contributed by atoms with Gasteiger partial charge in [-0.3, -0.25) is 24.3 Å². The molecule has 0 aliphatic carbocycles. The van der Waals surface area contributed by atoms with Crippen LogP contribution in [0, 0.1) is 0 Å². The highest BCUT2D eigenvalue weighted by Crippen LogP contribution is 2.36. The predicted molar refractivity (Wildman–Crippen MR) is 197 cm³/mol. The average Bonchev–Trinajstić information content (AvgIpc) is 3.87. The molecule has 0 saturated carbocycles. The lowest BCUT2D eigenvalue weighted by molar-refractivity contribution is -0.132. The summed E-state index contributed by atoms with van der Waals surface area (Å²) in [5, 5.41) is 16.0. The van der Waals surface area contributed by atoms with E-state index in [0.717, 1.165) is 39.7 Å². The van der Waals surface area contributed by atoms with Gasteiger partial charge in [-0.15, -0.1) is 11.8 Å². The second kappa shape index (κ2) is 14.1. The molecule has 3 aromatic heterocycles. The Bertz CT molecular complexity index is 2040. The van der Waals surface area contributed by atoms with E-state index in [-0.39, 0.29) is 17.9 Å². The number of amides is 2. The first-order valence-corrected chi connectivity index (χ1v) is 18.1. The number of anilines is 1. The smallest absolute Gasteiger partial charge is 0.241 e. The van der Waals surface area contributed by atoms with Gasteiger partial charge in [-0.1, -0.05) is 30.3 Å². The molecule has 2 aliphatic heterocycles. The van der Waals surface area contributed by atoms with Crippen molar-refractivity contribution in [3.8, 4) is 28.5 Å². The number of hydrogen-bond donors (Lipinski definition) is 2. The maximum Gasteiger partial charge on any atom is 0.241 e. The van der Waals surface area contributed by atoms with E-state index in [4.69, 9.17) is 4.74 Å². The SMILES string of the molecule is CS[C@]1(C(=O)Nc2ccc3[nH]nc(-c4ccc(OC(C)C)nc4)c3c2)CCN(CC(=O)N2CC=C(c3ccc(-c4ncn(C)n4)cc3)CC2)C1. The zero-order valence-corrected chi connectivity index (χ0v) is 29.5. The van der Waals surface area contributed by atoms with E-state index < -0.39 is 4.75 Å². The van der Waals surface area contributed by atoms with Crippen molar-refractivity contribution in [1.82, 2.24) is 39.7 Å². The molecule has 13 heteroatoms. The maximum absolute atomic E-state index is 13.8. The highest BCUT2D eigenvalue weighted by molar-refractivity contribution is 8.00. The molecule has 1 saturated heterocycles. The summed E-state index contributed by atoms with van der Waals surface area (Å²) in [5.41, 5.74) is 6.52. The first-order chi connectivity index (χ1) is 24.2. The third-order valence-corrected chi connectivity index (χ3v) is 10.6. The van der Waals surface area contributed by atoms with E-state index in [1.165, 1.54) is 5.57 Å². The Hall–Kier alpha value is -5.01. The van der Waals surface area contributed by atoms with Gasteiger partial charge in [0.15, 0.2) is 5.82 Å². The number of H-pyrrole nitrogens is 1. The first-order valence-electron chi connectivity index (χ1n) is 16.8. The Balaban J connectivity index is 0.955. The Morgan fingerprint density at radius 3 is 2.52 bits per heavy atom. The summed E-state index contributed by atoms with van der Waals surface area (Å²) in [6, 6.07) is 17.8. The Labute approximate surface area is 295 Å². The molecule has 0 unspecified atom stereocenters. The minimum Gasteiger partial charge on any atom is -0.475 e. The van der Waals surface area contributed by atoms with Crippen LogP contribution in [-0.2, 0) is 16.6 Å². The zero-order valence-electron chi connectivity index (χ0n) is 28.7. The zero-order chi connectivity index (χ0) is 34.8. The minimum atomic E-state index is -0.656. The first kappa shape index (κ1) is 33.5. The number of hydrogen-bond acceptors (Lipinski definition) is 9. The van der Waals surface area contributed by atoms with Crippen molar-refractivity contribution in [2.75, 3.05) is 44.3 Å². The third kappa shape index (κ3) is 7.01. The van der Waals surface area contributed by atoms with Crippen LogP contribution in [-0.4, -0.2) is 101 Å². The molecule has 0 radical (unpaired) electrons. The number of ether oxygens (including phenoxy) is 1. The fraction of sp³-hybridized carbons (Fsp3) is 0.351. The monoisotopic (exact) mass is 691 g/mol. The number of aryl methyl sites for hydroxylation is 1. The molecule has 2 N–H and O–H groups in total. The van der Waals surface area contributed by atoms with Gasteiger partial charge in [-0.05, 0) is 68.3 Å². The van der Waals surface area contributed by atoms with E-state index >= 15 is 0 Å². The van der Waals surface area contributed by atoms with Crippen LogP contribution in [0.3, 0.4) is 0 Å². The normalized spacial score (nSPS) is 18.1. The number of aromatic amines is 1. The number of nitrogens with zero attached hydrogens (tertiary/aromatic N) is 7. The van der Waals surface area contributed by atoms with Crippen LogP contribution in [0.25, 0.3) is 39.1 Å². The van der Waals surface area contributed by atoms with Crippen LogP contribution in [0.1, 0.15) is 32.3 Å². The number of nitrogens with one attached hydrogen (secondary N) is 2. The van der Waals surface area contributed by atoms with Crippen LogP contribution >= 0.6 is 11.8 Å². The van der Waals surface area contributed by atoms with Gasteiger partial charge < -0.3 is 15.0 Å². The van der Waals surface area contributed by atoms with Gasteiger partial charge in [0, 0.05) is 67.7 Å². The number of carbonyl (C=O) groups is 2. The van der Waals surface area contributed by atoms with E-state index in [1.54, 1.807) is 29.0 Å². The van der Waals surface area contributed by atoms with Gasteiger partial charge >= 0.3 is 0 Å². The number of fused-ring (bicyclic) bond motifs is 1. The minimum absolute atomic E-state index is 0.0379. The van der Waals surface area contributed by atoms with Crippen molar-refractivity contribution in [1.29, 1.82) is 0 Å². The molecule has 5 aromatic rings. The number of benzene rings is 2. The van der Waals surface area contributed by atoms with Crippen molar-refractivity contribution in [2.45, 2.75) is 37.5 Å². The number of likely N-dealkylation sites (tertiary alicyclic amines) is 1. The molecule has 2 aromatic carbocycles. The topological polar surface area (TPSA) is 134 Å². The van der Waals surface area contributed by atoms with Gasteiger partial charge in [0.25, 0.3) is 0 Å². The highest BCUT2D eigenvalue weighted by Gasteiger charge is 2.44. The fourth-order valence-electron chi connectivity index (χ4n) is 6.58. The Kier molecular flexibility index (Phi) is 9.43. The molecule has 50 heavy (non-hydrogen) atoms. The molecule has 1 atom stereocenters. The van der Waals surface area contributed by atoms with Crippen molar-refractivity contribution in [3.63, 3.8) is 0 Å². The van der Waals surface area contributed by atoms with E-state index in [0.29, 0.717) is 56.5 Å². The third-order valence-electron chi connectivity index (χ3n) is 9.34. The summed E-state index contributed by atoms with van der Waals surface area (Å²) >= 11 is 1.55. The van der Waals surface area contributed by atoms with Gasteiger partial charge in [0.05, 0.1) is 18.2 Å². The van der Waals surface area contributed by atoms with Crippen molar-refractivity contribution < 1.29 is 14.3 Å². The van der Waals surface area contributed by atoms with Crippen molar-refractivity contribution >= 4 is 45.7 Å². The van der Waals surface area contributed by atoms with Crippen molar-refractivity contribution in [3.05, 3.63) is 78.8 Å². The molecule has 7 rings (SSSR count). The average molecular weight is 692 g/mol. The van der Waals surface area contributed by atoms with E-state index in [1.807, 2.05) is 74.5 Å². The van der Waals surface area contributed by atoms with Crippen LogP contribution in [0.4, 0.5) is 5.69 Å². The van der Waals surface area contributed by atoms with E-state index in [9.17, 15) is 9.59 Å². The molecule has 12 nitrogen and oxygen atoms in total. The standard InChI is InChI=1S/C37H41N9O3S/c1-24(2)49-32-12-9-28(20-38-32)34-30-19-29(10-11-31(30)41-42-34)40-36(48)37(50-4)15-18-45(22-37)21-33(47)46-16-13-26(14-17-46)25-5-7-27(8-6-25)35-39-23-44(3)43-35/h5-13,19-20,23-24H,14-18,21-22H2,1-4H3,(H,40,48)(H,41,42)/t37-/m1/s1. The van der Waals surface area contributed by atoms with E-state index in [2.05, 4.69) is 53.7 Å². The molecule has 2 amide bonds. The molecule has 0 spiro atoms. The molecular formula is C37H41N9O3S. The quantitative estimate of drug-likeness (QED) is 0.201. The second-order valence-electron chi connectivity index (χ2n) is 13.1. The molecule has 5 heterocycles. The second-order valence-corrected chi connectivity index (χ2v) is 14.3. The van der Waals surface area contributed by atoms with Crippen LogP contribution in [0.5, 0.6) is 5.88 Å². The number of carbonyl (C=O) groups excluding carboxylic acids is 2. The summed E-state index contributed by atoms with van der Waals surface area (Å²) in [5.74, 6) is 1.30. The number of thioether (sulfide) groups is 1. The number of rotatable bonds is 10. The van der Waals surface area contributed by atoms with Crippen molar-refractivity contribution in [2.24, 2.45) is 7.05 Å². The summed E-state index contributed by atoms with van der Waals surface area (Å²) < 4.78 is 6.72. The summed E-state index contributed by atoms with van der Waals surface area (Å²) in [6.45, 7) is 6.65. The van der Waals surface area contributed by atoms with Crippen LogP contribution < -0.4 is 10.1 Å². The van der Waals surface area contributed by atoms with Gasteiger partial charge in [-0.2, -0.15) is 10.2 Å². The summed E-state index contributed by atoms with van der Waals surface area (Å²) in [6.07, 6.45) is 9.05. The highest BCUT2D eigenvalue weighted by atomic mass is 32.2. The van der Waals surface area contributed by atoms with Crippen LogP contribution in [0.2, 0.25) is 0 Å². The lowest BCUT2D eigenvalue weighted by Crippen LogP contribution is -2.45. The fourth-order valence-corrected chi connectivity index (χ4v) is 7.42. The van der Waals surface area contributed by atoms with Gasteiger partial charge in [-0.25, -0.2) is 9.97 Å². The van der Waals surface area contributed by atoms with Gasteiger partial charge in [0.2, 0.25) is 17.7 Å². The number of aromatic nitrogens is 6. The lowest BCUT2D eigenvalue weighted by atomic mass is 9.98. The summed E-state index contributed by atoms with van der Waals surface area (Å²) in [7, 11) is 1.86. The Morgan fingerprint density at radius 2 is 1.84 bits per heavy atom. The molecule has 2 aliphatic rings. The molecule has 258 valence electrons. The Morgan fingerprint density at radius 1 is 1.04 bits per heavy atom.